The van der Waals surface area contributed by atoms with Crippen LogP contribution in [0.1, 0.15) is 425 Å². The molecule has 0 saturated carbocycles. The van der Waals surface area contributed by atoms with E-state index in [9.17, 15) is 19.8 Å². The van der Waals surface area contributed by atoms with Crippen LogP contribution in [0, 0.1) is 0 Å². The second kappa shape index (κ2) is 71.8. The van der Waals surface area contributed by atoms with Gasteiger partial charge in [-0.2, -0.15) is 0 Å². The van der Waals surface area contributed by atoms with Gasteiger partial charge in [0.15, 0.2) is 0 Å². The van der Waals surface area contributed by atoms with E-state index >= 15 is 0 Å². The molecule has 0 spiro atoms. The Bertz CT molecular complexity index is 1280. The van der Waals surface area contributed by atoms with Crippen molar-refractivity contribution in [1.82, 2.24) is 5.32 Å². The average Bonchev–Trinajstić information content (AvgIpc) is 3.48. The van der Waals surface area contributed by atoms with E-state index in [0.29, 0.717) is 25.9 Å². The number of unbranched alkanes of at least 4 members (excludes halogenated alkanes) is 56. The van der Waals surface area contributed by atoms with Crippen molar-refractivity contribution in [3.8, 4) is 0 Å². The van der Waals surface area contributed by atoms with E-state index in [4.69, 9.17) is 4.74 Å². The molecule has 486 valence electrons. The topological polar surface area (TPSA) is 95.9 Å². The van der Waals surface area contributed by atoms with Crippen LogP contribution in [-0.4, -0.2) is 47.4 Å². The predicted molar refractivity (Wildman–Crippen MR) is 361 cm³/mol. The van der Waals surface area contributed by atoms with Crippen LogP contribution in [0.3, 0.4) is 0 Å². The summed E-state index contributed by atoms with van der Waals surface area (Å²) in [5, 5.41) is 23.4. The minimum Gasteiger partial charge on any atom is -0.466 e. The van der Waals surface area contributed by atoms with Crippen LogP contribution in [0.5, 0.6) is 0 Å². The monoisotopic (exact) mass is 1150 g/mol. The normalized spacial score (nSPS) is 12.6. The highest BCUT2D eigenvalue weighted by Crippen LogP contribution is 2.19. The summed E-state index contributed by atoms with van der Waals surface area (Å²) < 4.78 is 5.48. The van der Waals surface area contributed by atoms with Crippen LogP contribution in [0.4, 0.5) is 0 Å². The van der Waals surface area contributed by atoms with Crippen LogP contribution < -0.4 is 5.32 Å². The number of hydrogen-bond donors (Lipinski definition) is 3. The molecule has 2 unspecified atom stereocenters. The number of amides is 1. The first-order valence-corrected chi connectivity index (χ1v) is 37.6. The number of allylic oxidation sites excluding steroid dienone is 4. The summed E-state index contributed by atoms with van der Waals surface area (Å²) in [5.74, 6) is -0.0186. The van der Waals surface area contributed by atoms with Crippen LogP contribution in [-0.2, 0) is 14.3 Å². The molecule has 1 amide bonds. The molecule has 0 fully saturated rings. The largest absolute Gasteiger partial charge is 0.466 e. The molecule has 0 aromatic carbocycles. The number of nitrogens with one attached hydrogen (secondary N) is 1. The van der Waals surface area contributed by atoms with Crippen molar-refractivity contribution in [2.75, 3.05) is 13.2 Å². The number of ether oxygens (including phenoxy) is 1. The van der Waals surface area contributed by atoms with E-state index in [2.05, 4.69) is 43.5 Å². The molecule has 0 bridgehead atoms. The van der Waals surface area contributed by atoms with Gasteiger partial charge in [0.05, 0.1) is 25.4 Å². The fraction of sp³-hybridized carbons (Fsp3) is 0.921. The van der Waals surface area contributed by atoms with E-state index < -0.39 is 12.1 Å². The summed E-state index contributed by atoms with van der Waals surface area (Å²) in [4.78, 5) is 24.6. The minimum atomic E-state index is -0.663. The molecular weight excluding hydrogens is 1010 g/mol. The summed E-state index contributed by atoms with van der Waals surface area (Å²) in [7, 11) is 0. The zero-order chi connectivity index (χ0) is 59.2. The van der Waals surface area contributed by atoms with Gasteiger partial charge in [-0.1, -0.05) is 359 Å². The van der Waals surface area contributed by atoms with E-state index in [0.717, 1.165) is 44.9 Å². The molecule has 6 nitrogen and oxygen atoms in total. The maximum atomic E-state index is 12.6. The lowest BCUT2D eigenvalue weighted by Crippen LogP contribution is -2.45. The molecule has 0 aliphatic heterocycles. The van der Waals surface area contributed by atoms with Gasteiger partial charge in [0.25, 0.3) is 0 Å². The van der Waals surface area contributed by atoms with Gasteiger partial charge in [-0.25, -0.2) is 0 Å². The van der Waals surface area contributed by atoms with Crippen LogP contribution in [0.25, 0.3) is 0 Å². The molecule has 6 heteroatoms. The molecule has 2 atom stereocenters. The fourth-order valence-corrected chi connectivity index (χ4v) is 12.0. The number of aliphatic hydroxyl groups excluding tert-OH is 2. The molecule has 0 radical (unpaired) electrons. The van der Waals surface area contributed by atoms with E-state index in [-0.39, 0.29) is 18.5 Å². The van der Waals surface area contributed by atoms with E-state index in [1.165, 1.54) is 347 Å². The van der Waals surface area contributed by atoms with Crippen molar-refractivity contribution in [2.45, 2.75) is 437 Å². The Balaban J connectivity index is 3.36. The molecule has 3 N–H and O–H groups in total. The van der Waals surface area contributed by atoms with Crippen molar-refractivity contribution < 1.29 is 24.5 Å². The highest BCUT2D eigenvalue weighted by atomic mass is 16.5. The molecule has 0 aliphatic carbocycles. The van der Waals surface area contributed by atoms with Gasteiger partial charge in [-0.15, -0.1) is 0 Å². The van der Waals surface area contributed by atoms with Gasteiger partial charge >= 0.3 is 5.97 Å². The minimum absolute atomic E-state index is 0.00880. The Morgan fingerprint density at radius 2 is 0.573 bits per heavy atom. The fourth-order valence-electron chi connectivity index (χ4n) is 12.0. The van der Waals surface area contributed by atoms with E-state index in [1.54, 1.807) is 0 Å². The molecule has 0 heterocycles. The van der Waals surface area contributed by atoms with E-state index in [1.807, 2.05) is 0 Å². The van der Waals surface area contributed by atoms with Crippen molar-refractivity contribution in [3.05, 3.63) is 24.3 Å². The molecule has 0 aromatic rings. The van der Waals surface area contributed by atoms with Gasteiger partial charge in [-0.3, -0.25) is 9.59 Å². The molecule has 0 aromatic heterocycles. The maximum absolute atomic E-state index is 12.6. The van der Waals surface area contributed by atoms with Crippen LogP contribution >= 0.6 is 0 Å². The smallest absolute Gasteiger partial charge is 0.305 e. The van der Waals surface area contributed by atoms with Crippen molar-refractivity contribution >= 4 is 11.9 Å². The Hall–Kier alpha value is -1.66. The lowest BCUT2D eigenvalue weighted by atomic mass is 10.0. The van der Waals surface area contributed by atoms with Crippen molar-refractivity contribution in [2.24, 2.45) is 0 Å². The summed E-state index contributed by atoms with van der Waals surface area (Å²) in [6.07, 6.45) is 91.1. The third kappa shape index (κ3) is 67.5. The van der Waals surface area contributed by atoms with Gasteiger partial charge in [0.2, 0.25) is 5.91 Å². The Morgan fingerprint density at radius 3 is 0.890 bits per heavy atom. The number of carbonyl (C=O) groups excluding carboxylic acids is 2. The average molecular weight is 1160 g/mol. The standard InChI is InChI=1S/C76H147NO5/c1-3-5-7-9-11-13-15-17-18-19-20-33-36-39-42-45-48-52-56-60-64-68-74(79)73(72-78)77-75(80)69-65-61-57-53-49-46-43-40-37-34-31-29-27-25-23-21-22-24-26-28-30-32-35-38-41-44-47-51-55-59-63-67-71-82-76(81)70-66-62-58-54-50-16-14-12-10-8-6-4-2/h12,14,24,26,73-74,78-79H,3-11,13,15-23,25,27-72H2,1-2H3,(H,77,80)/b14-12-,26-24-. The van der Waals surface area contributed by atoms with Gasteiger partial charge in [0.1, 0.15) is 0 Å². The summed E-state index contributed by atoms with van der Waals surface area (Å²) in [6, 6.07) is -0.540. The predicted octanol–water partition coefficient (Wildman–Crippen LogP) is 24.5. The summed E-state index contributed by atoms with van der Waals surface area (Å²) >= 11 is 0. The SMILES string of the molecule is CCCCC/C=C\CCCCCCCC(=O)OCCCCCCCCCCCCCC/C=C\CCCCCCCCCCCCCCCCCCC(=O)NC(CO)C(O)CCCCCCCCCCCCCCCCCCCCCCC. The number of rotatable bonds is 71. The van der Waals surface area contributed by atoms with Crippen LogP contribution in [0.2, 0.25) is 0 Å². The van der Waals surface area contributed by atoms with Crippen molar-refractivity contribution in [1.29, 1.82) is 0 Å². The lowest BCUT2D eigenvalue weighted by Gasteiger charge is -2.22. The first-order chi connectivity index (χ1) is 40.5. The quantitative estimate of drug-likeness (QED) is 0.0320. The zero-order valence-corrected chi connectivity index (χ0v) is 55.8. The highest BCUT2D eigenvalue weighted by molar-refractivity contribution is 5.76. The number of carbonyl (C=O) groups is 2. The highest BCUT2D eigenvalue weighted by Gasteiger charge is 2.20. The molecule has 0 saturated heterocycles. The molecular formula is C76H147NO5. The van der Waals surface area contributed by atoms with Gasteiger partial charge in [-0.05, 0) is 77.0 Å². The third-order valence-electron chi connectivity index (χ3n) is 17.7. The number of esters is 1. The molecule has 82 heavy (non-hydrogen) atoms. The number of hydrogen-bond acceptors (Lipinski definition) is 5. The second-order valence-electron chi connectivity index (χ2n) is 26.0. The summed E-state index contributed by atoms with van der Waals surface area (Å²) in [6.45, 7) is 4.97. The molecule has 0 aliphatic rings. The number of aliphatic hydroxyl groups is 2. The first kappa shape index (κ1) is 80.3. The Kier molecular flexibility index (Phi) is 70.4. The second-order valence-corrected chi connectivity index (χ2v) is 26.0. The van der Waals surface area contributed by atoms with Crippen molar-refractivity contribution in [3.63, 3.8) is 0 Å². The van der Waals surface area contributed by atoms with Gasteiger partial charge < -0.3 is 20.3 Å². The Morgan fingerprint density at radius 1 is 0.329 bits per heavy atom. The van der Waals surface area contributed by atoms with Crippen LogP contribution in [0.15, 0.2) is 24.3 Å². The zero-order valence-electron chi connectivity index (χ0n) is 55.8. The first-order valence-electron chi connectivity index (χ1n) is 37.6. The van der Waals surface area contributed by atoms with Gasteiger partial charge in [0, 0.05) is 12.8 Å². The summed E-state index contributed by atoms with van der Waals surface area (Å²) in [5.41, 5.74) is 0. The molecule has 0 rings (SSSR count). The Labute approximate surface area is 513 Å². The lowest BCUT2D eigenvalue weighted by molar-refractivity contribution is -0.143. The third-order valence-corrected chi connectivity index (χ3v) is 17.7. The maximum Gasteiger partial charge on any atom is 0.305 e.